The van der Waals surface area contributed by atoms with E-state index in [9.17, 15) is 9.59 Å². The number of nitrogens with zero attached hydrogens (tertiary/aromatic N) is 5. The zero-order valence-corrected chi connectivity index (χ0v) is 28.4. The molecule has 12 heteroatoms. The van der Waals surface area contributed by atoms with Gasteiger partial charge in [0.15, 0.2) is 5.65 Å². The molecule has 248 valence electrons. The van der Waals surface area contributed by atoms with Gasteiger partial charge in [0.05, 0.1) is 17.8 Å². The van der Waals surface area contributed by atoms with Crippen LogP contribution < -0.4 is 26.6 Å². The first-order valence-electron chi connectivity index (χ1n) is 16.2. The van der Waals surface area contributed by atoms with E-state index in [1.165, 1.54) is 17.2 Å². The quantitative estimate of drug-likeness (QED) is 0.230. The lowest BCUT2D eigenvalue weighted by Crippen LogP contribution is -2.37. The van der Waals surface area contributed by atoms with E-state index >= 15 is 0 Å². The van der Waals surface area contributed by atoms with Crippen LogP contribution in [0.15, 0.2) is 52.1 Å². The molecule has 7 rings (SSSR count). The van der Waals surface area contributed by atoms with Crippen LogP contribution in [0.25, 0.3) is 33.4 Å². The summed E-state index contributed by atoms with van der Waals surface area (Å²) in [6, 6.07) is 14.6. The number of hydrogen-bond donors (Lipinski definition) is 2. The second kappa shape index (κ2) is 12.8. The Morgan fingerprint density at radius 1 is 0.938 bits per heavy atom. The van der Waals surface area contributed by atoms with Crippen LogP contribution >= 0.6 is 11.6 Å². The van der Waals surface area contributed by atoms with Crippen molar-refractivity contribution < 1.29 is 9.47 Å². The van der Waals surface area contributed by atoms with E-state index in [0.29, 0.717) is 28.6 Å². The highest BCUT2D eigenvalue weighted by Gasteiger charge is 2.31. The monoisotopic (exact) mass is 667 g/mol. The summed E-state index contributed by atoms with van der Waals surface area (Å²) in [6.45, 7) is 5.30. The number of aryl methyl sites for hydroxylation is 3. The number of nitrogens with one attached hydrogen (secondary N) is 2. The fraction of sp³-hybridized carbons (Fsp3) is 0.361. The van der Waals surface area contributed by atoms with Gasteiger partial charge in [0.2, 0.25) is 5.88 Å². The van der Waals surface area contributed by atoms with Gasteiger partial charge >= 0.3 is 5.69 Å². The average molecular weight is 668 g/mol. The van der Waals surface area contributed by atoms with Crippen molar-refractivity contribution in [2.24, 2.45) is 14.1 Å². The molecule has 0 spiro atoms. The predicted octanol–water partition coefficient (Wildman–Crippen LogP) is 5.53. The van der Waals surface area contributed by atoms with E-state index in [4.69, 9.17) is 26.1 Å². The fourth-order valence-electron chi connectivity index (χ4n) is 7.00. The number of halogens is 1. The molecule has 48 heavy (non-hydrogen) atoms. The number of anilines is 2. The van der Waals surface area contributed by atoms with E-state index in [1.54, 1.807) is 21.1 Å². The van der Waals surface area contributed by atoms with Crippen molar-refractivity contribution in [2.45, 2.75) is 51.6 Å². The second-order valence-electron chi connectivity index (χ2n) is 12.5. The van der Waals surface area contributed by atoms with Gasteiger partial charge in [-0.05, 0) is 68.4 Å². The standard InChI is InChI=1S/C36H38ClN7O4/c1-19-23(8-7-11-26(19)41-32-30-33(39-20(2)38-32)43(3)36(46)44(4)35(30)45)24-9-6-10-25(31(24)37)28-18-21-12-13-27(29(21)34(42-28)47-5)40-22-14-16-48-17-15-22/h6-11,18,22,27,40H,12-17H2,1-5H3,(H,38,39,41). The zero-order chi connectivity index (χ0) is 33.7. The van der Waals surface area contributed by atoms with Gasteiger partial charge in [-0.2, -0.15) is 0 Å². The number of hydrogen-bond acceptors (Lipinski definition) is 9. The number of fused-ring (bicyclic) bond motifs is 2. The van der Waals surface area contributed by atoms with Crippen molar-refractivity contribution >= 4 is 34.1 Å². The van der Waals surface area contributed by atoms with Crippen molar-refractivity contribution in [3.05, 3.63) is 90.8 Å². The molecule has 11 nitrogen and oxygen atoms in total. The van der Waals surface area contributed by atoms with E-state index < -0.39 is 11.2 Å². The number of rotatable bonds is 7. The van der Waals surface area contributed by atoms with Crippen LogP contribution in [0.2, 0.25) is 5.02 Å². The van der Waals surface area contributed by atoms with Crippen molar-refractivity contribution in [3.8, 4) is 28.3 Å². The second-order valence-corrected chi connectivity index (χ2v) is 12.9. The van der Waals surface area contributed by atoms with Gasteiger partial charge < -0.3 is 20.1 Å². The minimum absolute atomic E-state index is 0.195. The van der Waals surface area contributed by atoms with E-state index in [-0.39, 0.29) is 17.1 Å². The van der Waals surface area contributed by atoms with Crippen LogP contribution in [-0.2, 0) is 25.3 Å². The van der Waals surface area contributed by atoms with Gasteiger partial charge in [-0.3, -0.25) is 13.9 Å². The summed E-state index contributed by atoms with van der Waals surface area (Å²) < 4.78 is 13.8. The van der Waals surface area contributed by atoms with Crippen molar-refractivity contribution in [1.82, 2.24) is 29.4 Å². The molecule has 2 aliphatic rings. The highest BCUT2D eigenvalue weighted by molar-refractivity contribution is 6.36. The number of aromatic nitrogens is 5. The lowest BCUT2D eigenvalue weighted by molar-refractivity contribution is 0.0748. The average Bonchev–Trinajstić information content (AvgIpc) is 3.49. The molecule has 1 aliphatic heterocycles. The molecule has 3 aromatic heterocycles. The van der Waals surface area contributed by atoms with E-state index in [1.807, 2.05) is 43.3 Å². The number of ether oxygens (including phenoxy) is 2. The molecule has 1 saturated heterocycles. The molecule has 2 N–H and O–H groups in total. The molecule has 5 aromatic rings. The maximum atomic E-state index is 13.2. The van der Waals surface area contributed by atoms with E-state index in [0.717, 1.165) is 82.7 Å². The van der Waals surface area contributed by atoms with E-state index in [2.05, 4.69) is 26.7 Å². The lowest BCUT2D eigenvalue weighted by atomic mass is 9.96. The molecule has 1 atom stereocenters. The highest BCUT2D eigenvalue weighted by atomic mass is 35.5. The van der Waals surface area contributed by atoms with Crippen LogP contribution in [0, 0.1) is 13.8 Å². The molecular formula is C36H38ClN7O4. The molecule has 1 fully saturated rings. The topological polar surface area (TPSA) is 125 Å². The van der Waals surface area contributed by atoms with Crippen LogP contribution in [0.1, 0.15) is 47.8 Å². The molecule has 4 heterocycles. The SMILES string of the molecule is COc1nc(-c2cccc(-c3cccc(Nc4nc(C)nc5c4c(=O)n(C)c(=O)n5C)c3C)c2Cl)cc2c1C(NC1CCOCC1)CC2. The third-order valence-electron chi connectivity index (χ3n) is 9.58. The summed E-state index contributed by atoms with van der Waals surface area (Å²) in [4.78, 5) is 39.8. The van der Waals surface area contributed by atoms with Gasteiger partial charge in [-0.1, -0.05) is 41.9 Å². The Hall–Kier alpha value is -4.58. The smallest absolute Gasteiger partial charge is 0.332 e. The van der Waals surface area contributed by atoms with Crippen LogP contribution in [-0.4, -0.2) is 50.5 Å². The van der Waals surface area contributed by atoms with Crippen LogP contribution in [0.4, 0.5) is 11.5 Å². The first-order valence-corrected chi connectivity index (χ1v) is 16.6. The largest absolute Gasteiger partial charge is 0.481 e. The maximum Gasteiger partial charge on any atom is 0.332 e. The third-order valence-corrected chi connectivity index (χ3v) is 9.98. The van der Waals surface area contributed by atoms with Gasteiger partial charge in [0.25, 0.3) is 5.56 Å². The van der Waals surface area contributed by atoms with Gasteiger partial charge in [0, 0.05) is 61.8 Å². The minimum atomic E-state index is -0.469. The third kappa shape index (κ3) is 5.55. The van der Waals surface area contributed by atoms with Crippen LogP contribution in [0.5, 0.6) is 5.88 Å². The van der Waals surface area contributed by atoms with Crippen LogP contribution in [0.3, 0.4) is 0 Å². The maximum absolute atomic E-state index is 13.2. The summed E-state index contributed by atoms with van der Waals surface area (Å²) in [7, 11) is 4.71. The summed E-state index contributed by atoms with van der Waals surface area (Å²) >= 11 is 7.21. The molecule has 1 aliphatic carbocycles. The Bertz CT molecular complexity index is 2190. The summed E-state index contributed by atoms with van der Waals surface area (Å²) in [6.07, 6.45) is 3.94. The Morgan fingerprint density at radius 3 is 2.44 bits per heavy atom. The molecule has 0 amide bonds. The summed E-state index contributed by atoms with van der Waals surface area (Å²) in [5, 5.41) is 8.00. The van der Waals surface area contributed by atoms with Gasteiger partial charge in [-0.25, -0.2) is 19.7 Å². The Balaban J connectivity index is 1.25. The highest BCUT2D eigenvalue weighted by Crippen LogP contribution is 2.43. The normalized spacial score (nSPS) is 16.3. The minimum Gasteiger partial charge on any atom is -0.481 e. The number of methoxy groups -OCH3 is 1. The Morgan fingerprint density at radius 2 is 1.67 bits per heavy atom. The fourth-order valence-corrected chi connectivity index (χ4v) is 7.33. The number of pyridine rings is 1. The molecular weight excluding hydrogens is 630 g/mol. The number of benzene rings is 2. The molecule has 0 bridgehead atoms. The van der Waals surface area contributed by atoms with Crippen molar-refractivity contribution in [1.29, 1.82) is 0 Å². The summed E-state index contributed by atoms with van der Waals surface area (Å²) in [5.41, 5.74) is 6.69. The first kappa shape index (κ1) is 32.0. The summed E-state index contributed by atoms with van der Waals surface area (Å²) in [5.74, 6) is 1.39. The van der Waals surface area contributed by atoms with Gasteiger partial charge in [0.1, 0.15) is 17.0 Å². The first-order chi connectivity index (χ1) is 23.2. The predicted molar refractivity (Wildman–Crippen MR) is 187 cm³/mol. The zero-order valence-electron chi connectivity index (χ0n) is 27.7. The molecule has 2 aromatic carbocycles. The lowest BCUT2D eigenvalue weighted by Gasteiger charge is -2.27. The van der Waals surface area contributed by atoms with Crippen molar-refractivity contribution in [3.63, 3.8) is 0 Å². The molecule has 0 radical (unpaired) electrons. The van der Waals surface area contributed by atoms with Gasteiger partial charge in [-0.15, -0.1) is 0 Å². The van der Waals surface area contributed by atoms with Crippen molar-refractivity contribution in [2.75, 3.05) is 25.6 Å². The molecule has 0 saturated carbocycles. The Labute approximate surface area is 282 Å². The molecule has 1 unspecified atom stereocenters. The Kier molecular flexibility index (Phi) is 8.53.